The third-order valence-electron chi connectivity index (χ3n) is 2.59. The summed E-state index contributed by atoms with van der Waals surface area (Å²) in [6.07, 6.45) is -0.748. The number of nitrogens with one attached hydrogen (secondary N) is 1. The second-order valence-electron chi connectivity index (χ2n) is 4.08. The van der Waals surface area contributed by atoms with Crippen molar-refractivity contribution in [1.29, 1.82) is 0 Å². The van der Waals surface area contributed by atoms with Crippen molar-refractivity contribution in [2.45, 2.75) is 18.6 Å². The van der Waals surface area contributed by atoms with Crippen LogP contribution in [-0.4, -0.2) is 43.4 Å². The molecule has 0 saturated heterocycles. The summed E-state index contributed by atoms with van der Waals surface area (Å²) in [5, 5.41) is 12.3. The number of carbonyl (C=O) groups is 1. The van der Waals surface area contributed by atoms with Crippen molar-refractivity contribution in [3.63, 3.8) is 0 Å². The molecule has 1 aromatic rings. The molecule has 0 aliphatic heterocycles. The highest BCUT2D eigenvalue weighted by atomic mass is 35.5. The summed E-state index contributed by atoms with van der Waals surface area (Å²) in [5.41, 5.74) is 6.81. The Morgan fingerprint density at radius 1 is 1.42 bits per heavy atom. The van der Waals surface area contributed by atoms with Gasteiger partial charge in [0.05, 0.1) is 6.61 Å². The Kier molecular flexibility index (Phi) is 9.16. The van der Waals surface area contributed by atoms with Crippen LogP contribution in [0.15, 0.2) is 30.3 Å². The molecule has 6 heteroatoms. The molecule has 0 bridgehead atoms. The fourth-order valence-corrected chi connectivity index (χ4v) is 1.57. The SMILES string of the molecule is COCCNC(=O)[C@@H](O)[C@H](N)Cc1ccccc1.Cl. The van der Waals surface area contributed by atoms with Crippen LogP contribution in [0.1, 0.15) is 5.56 Å². The largest absolute Gasteiger partial charge is 0.383 e. The lowest BCUT2D eigenvalue weighted by Gasteiger charge is -2.18. The second-order valence-corrected chi connectivity index (χ2v) is 4.08. The number of aliphatic hydroxyl groups excluding tert-OH is 1. The van der Waals surface area contributed by atoms with Gasteiger partial charge in [-0.2, -0.15) is 0 Å². The summed E-state index contributed by atoms with van der Waals surface area (Å²) >= 11 is 0. The van der Waals surface area contributed by atoms with E-state index in [2.05, 4.69) is 5.32 Å². The van der Waals surface area contributed by atoms with E-state index in [0.717, 1.165) is 5.56 Å². The zero-order valence-corrected chi connectivity index (χ0v) is 11.7. The van der Waals surface area contributed by atoms with E-state index < -0.39 is 18.1 Å². The number of benzene rings is 1. The van der Waals surface area contributed by atoms with E-state index in [4.69, 9.17) is 10.5 Å². The first kappa shape index (κ1) is 17.9. The van der Waals surface area contributed by atoms with Crippen molar-refractivity contribution in [2.24, 2.45) is 5.73 Å². The van der Waals surface area contributed by atoms with Crippen molar-refractivity contribution in [3.05, 3.63) is 35.9 Å². The topological polar surface area (TPSA) is 84.6 Å². The molecule has 1 amide bonds. The minimum absolute atomic E-state index is 0. The maximum absolute atomic E-state index is 11.6. The van der Waals surface area contributed by atoms with Crippen molar-refractivity contribution in [3.8, 4) is 0 Å². The van der Waals surface area contributed by atoms with E-state index in [-0.39, 0.29) is 12.4 Å². The van der Waals surface area contributed by atoms with Crippen molar-refractivity contribution in [2.75, 3.05) is 20.3 Å². The Hall–Kier alpha value is -1.14. The fraction of sp³-hybridized carbons (Fsp3) is 0.462. The highest BCUT2D eigenvalue weighted by Gasteiger charge is 2.22. The zero-order valence-electron chi connectivity index (χ0n) is 10.9. The zero-order chi connectivity index (χ0) is 13.4. The van der Waals surface area contributed by atoms with Gasteiger partial charge in [-0.15, -0.1) is 12.4 Å². The normalized spacial score (nSPS) is 13.2. The predicted molar refractivity (Wildman–Crippen MR) is 76.3 cm³/mol. The molecule has 4 N–H and O–H groups in total. The minimum Gasteiger partial charge on any atom is -0.383 e. The molecule has 0 fully saturated rings. The molecule has 1 rings (SSSR count). The first-order valence-corrected chi connectivity index (χ1v) is 5.89. The third kappa shape index (κ3) is 6.54. The van der Waals surface area contributed by atoms with Gasteiger partial charge in [0, 0.05) is 19.7 Å². The number of rotatable bonds is 7. The molecule has 0 aromatic heterocycles. The van der Waals surface area contributed by atoms with Crippen molar-refractivity contribution < 1.29 is 14.6 Å². The van der Waals surface area contributed by atoms with Gasteiger partial charge in [0.15, 0.2) is 0 Å². The van der Waals surface area contributed by atoms with E-state index in [0.29, 0.717) is 19.6 Å². The number of amides is 1. The van der Waals surface area contributed by atoms with Gasteiger partial charge >= 0.3 is 0 Å². The van der Waals surface area contributed by atoms with Crippen LogP contribution in [0.3, 0.4) is 0 Å². The predicted octanol–water partition coefficient (Wildman–Crippen LogP) is 0.102. The summed E-state index contributed by atoms with van der Waals surface area (Å²) in [7, 11) is 1.55. The Morgan fingerprint density at radius 3 is 2.63 bits per heavy atom. The first-order chi connectivity index (χ1) is 8.65. The first-order valence-electron chi connectivity index (χ1n) is 5.89. The van der Waals surface area contributed by atoms with Crippen molar-refractivity contribution in [1.82, 2.24) is 5.32 Å². The second kappa shape index (κ2) is 9.75. The molecule has 19 heavy (non-hydrogen) atoms. The number of ether oxygens (including phenoxy) is 1. The molecule has 0 unspecified atom stereocenters. The van der Waals surface area contributed by atoms with E-state index in [1.54, 1.807) is 7.11 Å². The van der Waals surface area contributed by atoms with Gasteiger partial charge in [0.25, 0.3) is 5.91 Å². The summed E-state index contributed by atoms with van der Waals surface area (Å²) < 4.78 is 4.80. The number of halogens is 1. The summed E-state index contributed by atoms with van der Waals surface area (Å²) in [4.78, 5) is 11.6. The van der Waals surface area contributed by atoms with E-state index in [1.807, 2.05) is 30.3 Å². The van der Waals surface area contributed by atoms with Crippen LogP contribution in [-0.2, 0) is 16.0 Å². The number of hydrogen-bond acceptors (Lipinski definition) is 4. The number of aliphatic hydroxyl groups is 1. The quantitative estimate of drug-likeness (QED) is 0.622. The van der Waals surface area contributed by atoms with Gasteiger partial charge in [0.2, 0.25) is 0 Å². The maximum atomic E-state index is 11.6. The molecule has 0 saturated carbocycles. The lowest BCUT2D eigenvalue weighted by Crippen LogP contribution is -2.48. The van der Waals surface area contributed by atoms with Gasteiger partial charge < -0.3 is 20.9 Å². The number of carbonyl (C=O) groups excluding carboxylic acids is 1. The summed E-state index contributed by atoms with van der Waals surface area (Å²) in [5.74, 6) is -0.463. The third-order valence-corrected chi connectivity index (χ3v) is 2.59. The molecule has 2 atom stereocenters. The minimum atomic E-state index is -1.21. The number of nitrogens with two attached hydrogens (primary N) is 1. The Morgan fingerprint density at radius 2 is 2.05 bits per heavy atom. The molecule has 0 radical (unpaired) electrons. The Bertz CT molecular complexity index is 362. The molecule has 0 aliphatic rings. The summed E-state index contributed by atoms with van der Waals surface area (Å²) in [6.45, 7) is 0.775. The van der Waals surface area contributed by atoms with E-state index >= 15 is 0 Å². The monoisotopic (exact) mass is 288 g/mol. The van der Waals surface area contributed by atoms with Gasteiger partial charge in [-0.05, 0) is 12.0 Å². The smallest absolute Gasteiger partial charge is 0.250 e. The van der Waals surface area contributed by atoms with Gasteiger partial charge in [-0.1, -0.05) is 30.3 Å². The molecule has 0 spiro atoms. The lowest BCUT2D eigenvalue weighted by molar-refractivity contribution is -0.130. The average Bonchev–Trinajstić information content (AvgIpc) is 2.39. The van der Waals surface area contributed by atoms with Gasteiger partial charge in [-0.3, -0.25) is 4.79 Å². The fourth-order valence-electron chi connectivity index (χ4n) is 1.57. The van der Waals surface area contributed by atoms with Crippen LogP contribution in [0.25, 0.3) is 0 Å². The molecule has 1 aromatic carbocycles. The van der Waals surface area contributed by atoms with Crippen LogP contribution in [0, 0.1) is 0 Å². The number of hydrogen-bond donors (Lipinski definition) is 3. The van der Waals surface area contributed by atoms with E-state index in [9.17, 15) is 9.90 Å². The Labute approximate surface area is 119 Å². The van der Waals surface area contributed by atoms with Crippen LogP contribution in [0.2, 0.25) is 0 Å². The van der Waals surface area contributed by atoms with Crippen LogP contribution in [0.4, 0.5) is 0 Å². The average molecular weight is 289 g/mol. The van der Waals surface area contributed by atoms with Crippen LogP contribution in [0.5, 0.6) is 0 Å². The van der Waals surface area contributed by atoms with Crippen molar-refractivity contribution >= 4 is 18.3 Å². The highest BCUT2D eigenvalue weighted by Crippen LogP contribution is 2.04. The molecular weight excluding hydrogens is 268 g/mol. The van der Waals surface area contributed by atoms with Gasteiger partial charge in [-0.25, -0.2) is 0 Å². The lowest BCUT2D eigenvalue weighted by atomic mass is 10.0. The highest BCUT2D eigenvalue weighted by molar-refractivity contribution is 5.85. The van der Waals surface area contributed by atoms with Gasteiger partial charge in [0.1, 0.15) is 6.10 Å². The summed E-state index contributed by atoms with van der Waals surface area (Å²) in [6, 6.07) is 8.91. The standard InChI is InChI=1S/C13H20N2O3.ClH/c1-18-8-7-15-13(17)12(16)11(14)9-10-5-3-2-4-6-10;/h2-6,11-12,16H,7-9,14H2,1H3,(H,15,17);1H/t11-,12+;/m1./s1. The van der Waals surface area contributed by atoms with Crippen LogP contribution >= 0.6 is 12.4 Å². The Balaban J connectivity index is 0.00000324. The molecule has 108 valence electrons. The van der Waals surface area contributed by atoms with E-state index in [1.165, 1.54) is 0 Å². The molecule has 0 aliphatic carbocycles. The van der Waals surface area contributed by atoms with Crippen LogP contribution < -0.4 is 11.1 Å². The molecular formula is C13H21ClN2O3. The maximum Gasteiger partial charge on any atom is 0.250 e. The molecule has 0 heterocycles. The number of methoxy groups -OCH3 is 1. The molecule has 5 nitrogen and oxygen atoms in total.